The molecule has 1 aliphatic carbocycles. The van der Waals surface area contributed by atoms with Crippen LogP contribution in [0.15, 0.2) is 17.1 Å². The van der Waals surface area contributed by atoms with Crippen molar-refractivity contribution in [1.29, 1.82) is 0 Å². The second-order valence-electron chi connectivity index (χ2n) is 7.27. The molecule has 1 aliphatic rings. The first-order valence-electron chi connectivity index (χ1n) is 9.85. The number of guanidine groups is 1. The molecule has 1 aromatic rings. The molecule has 9 heteroatoms. The Morgan fingerprint density at radius 1 is 1.17 bits per heavy atom. The molecule has 0 radical (unpaired) electrons. The molecule has 1 saturated carbocycles. The number of amides is 1. The van der Waals surface area contributed by atoms with Gasteiger partial charge in [-0.2, -0.15) is 0 Å². The average Bonchev–Trinajstić information content (AvgIpc) is 3.18. The van der Waals surface area contributed by atoms with E-state index in [2.05, 4.69) is 20.9 Å². The molecular weight excluding hydrogens is 385 g/mol. The van der Waals surface area contributed by atoms with Gasteiger partial charge in [0.15, 0.2) is 23.4 Å². The molecule has 1 aromatic carbocycles. The number of nitrogens with zero attached hydrogens (tertiary/aromatic N) is 1. The number of rotatable bonds is 9. The van der Waals surface area contributed by atoms with Crippen LogP contribution in [0, 0.1) is 22.9 Å². The van der Waals surface area contributed by atoms with E-state index < -0.39 is 29.0 Å². The summed E-state index contributed by atoms with van der Waals surface area (Å²) in [6.07, 6.45) is 5.53. The SMILES string of the molecule is CCNC(=NCC(=O)Nc1ccc(F)c(F)c1F)NCC1(CCOC)CCCC1. The van der Waals surface area contributed by atoms with E-state index in [4.69, 9.17) is 4.74 Å². The van der Waals surface area contributed by atoms with Gasteiger partial charge in [0.1, 0.15) is 6.54 Å². The van der Waals surface area contributed by atoms with Gasteiger partial charge in [0.05, 0.1) is 5.69 Å². The molecule has 0 unspecified atom stereocenters. The molecule has 162 valence electrons. The van der Waals surface area contributed by atoms with Gasteiger partial charge in [0.2, 0.25) is 5.91 Å². The highest BCUT2D eigenvalue weighted by molar-refractivity contribution is 5.94. The van der Waals surface area contributed by atoms with Crippen molar-refractivity contribution in [2.45, 2.75) is 39.0 Å². The minimum absolute atomic E-state index is 0.142. The molecule has 0 aromatic heterocycles. The van der Waals surface area contributed by atoms with Crippen LogP contribution in [-0.2, 0) is 9.53 Å². The fourth-order valence-electron chi connectivity index (χ4n) is 3.53. The summed E-state index contributed by atoms with van der Waals surface area (Å²) >= 11 is 0. The van der Waals surface area contributed by atoms with Gasteiger partial charge in [-0.1, -0.05) is 12.8 Å². The van der Waals surface area contributed by atoms with E-state index >= 15 is 0 Å². The van der Waals surface area contributed by atoms with E-state index in [0.29, 0.717) is 25.7 Å². The quantitative estimate of drug-likeness (QED) is 0.330. The first-order valence-corrected chi connectivity index (χ1v) is 9.85. The standard InChI is InChI=1S/C20H29F3N4O2/c1-3-24-19(26-13-20(10-11-29-2)8-4-5-9-20)25-12-16(28)27-15-7-6-14(21)17(22)18(15)23/h6-7H,3-5,8-13H2,1-2H3,(H,27,28)(H2,24,25,26). The summed E-state index contributed by atoms with van der Waals surface area (Å²) in [6.45, 7) is 3.62. The summed E-state index contributed by atoms with van der Waals surface area (Å²) in [6, 6.07) is 1.72. The zero-order chi connectivity index (χ0) is 21.3. The highest BCUT2D eigenvalue weighted by Crippen LogP contribution is 2.40. The molecule has 29 heavy (non-hydrogen) atoms. The van der Waals surface area contributed by atoms with Crippen LogP contribution < -0.4 is 16.0 Å². The lowest BCUT2D eigenvalue weighted by Gasteiger charge is -2.30. The third-order valence-electron chi connectivity index (χ3n) is 5.17. The molecule has 0 bridgehead atoms. The summed E-state index contributed by atoms with van der Waals surface area (Å²) in [5.74, 6) is -4.54. The Hall–Kier alpha value is -2.29. The van der Waals surface area contributed by atoms with Gasteiger partial charge in [-0.3, -0.25) is 4.79 Å². The van der Waals surface area contributed by atoms with E-state index in [1.54, 1.807) is 7.11 Å². The van der Waals surface area contributed by atoms with Crippen molar-refractivity contribution in [1.82, 2.24) is 10.6 Å². The number of carbonyl (C=O) groups is 1. The third-order valence-corrected chi connectivity index (χ3v) is 5.17. The third kappa shape index (κ3) is 6.62. The van der Waals surface area contributed by atoms with Crippen molar-refractivity contribution in [3.63, 3.8) is 0 Å². The van der Waals surface area contributed by atoms with Crippen LogP contribution in [0.2, 0.25) is 0 Å². The zero-order valence-corrected chi connectivity index (χ0v) is 16.9. The van der Waals surface area contributed by atoms with Crippen molar-refractivity contribution in [2.24, 2.45) is 10.4 Å². The van der Waals surface area contributed by atoms with Gasteiger partial charge in [-0.15, -0.1) is 0 Å². The Labute approximate surface area is 169 Å². The molecule has 3 N–H and O–H groups in total. The number of halogens is 3. The summed E-state index contributed by atoms with van der Waals surface area (Å²) < 4.78 is 45.2. The number of benzene rings is 1. The number of methoxy groups -OCH3 is 1. The van der Waals surface area contributed by atoms with Gasteiger partial charge in [0.25, 0.3) is 0 Å². The average molecular weight is 414 g/mol. The molecule has 0 heterocycles. The molecular formula is C20H29F3N4O2. The number of nitrogens with one attached hydrogen (secondary N) is 3. The van der Waals surface area contributed by atoms with Crippen LogP contribution in [0.3, 0.4) is 0 Å². The fourth-order valence-corrected chi connectivity index (χ4v) is 3.53. The number of carbonyl (C=O) groups excluding carboxylic acids is 1. The topological polar surface area (TPSA) is 74.8 Å². The van der Waals surface area contributed by atoms with Gasteiger partial charge in [-0.05, 0) is 43.7 Å². The van der Waals surface area contributed by atoms with E-state index in [9.17, 15) is 18.0 Å². The van der Waals surface area contributed by atoms with Crippen LogP contribution in [0.25, 0.3) is 0 Å². The monoisotopic (exact) mass is 414 g/mol. The molecule has 0 saturated heterocycles. The van der Waals surface area contributed by atoms with Crippen LogP contribution in [0.4, 0.5) is 18.9 Å². The minimum atomic E-state index is -1.63. The van der Waals surface area contributed by atoms with Gasteiger partial charge < -0.3 is 20.7 Å². The number of hydrogen-bond acceptors (Lipinski definition) is 3. The van der Waals surface area contributed by atoms with Crippen LogP contribution in [-0.4, -0.2) is 45.2 Å². The van der Waals surface area contributed by atoms with E-state index in [1.807, 2.05) is 6.92 Å². The zero-order valence-electron chi connectivity index (χ0n) is 16.9. The Balaban J connectivity index is 1.95. The van der Waals surface area contributed by atoms with Gasteiger partial charge in [0, 0.05) is 26.8 Å². The number of anilines is 1. The normalized spacial score (nSPS) is 16.0. The maximum absolute atomic E-state index is 13.7. The number of hydrogen-bond donors (Lipinski definition) is 3. The molecule has 0 aliphatic heterocycles. The van der Waals surface area contributed by atoms with Crippen molar-refractivity contribution in [2.75, 3.05) is 38.7 Å². The van der Waals surface area contributed by atoms with Crippen LogP contribution in [0.1, 0.15) is 39.0 Å². The lowest BCUT2D eigenvalue weighted by molar-refractivity contribution is -0.114. The van der Waals surface area contributed by atoms with Crippen molar-refractivity contribution >= 4 is 17.6 Å². The fraction of sp³-hybridized carbons (Fsp3) is 0.600. The second-order valence-corrected chi connectivity index (χ2v) is 7.27. The second kappa shape index (κ2) is 11.0. The first-order chi connectivity index (χ1) is 13.9. The summed E-state index contributed by atoms with van der Waals surface area (Å²) in [5, 5.41) is 8.56. The highest BCUT2D eigenvalue weighted by atomic mass is 19.2. The van der Waals surface area contributed by atoms with E-state index in [-0.39, 0.29) is 12.0 Å². The van der Waals surface area contributed by atoms with Crippen molar-refractivity contribution in [3.8, 4) is 0 Å². The number of aliphatic imine (C=N–C) groups is 1. The smallest absolute Gasteiger partial charge is 0.246 e. The summed E-state index contributed by atoms with van der Waals surface area (Å²) in [4.78, 5) is 16.3. The highest BCUT2D eigenvalue weighted by Gasteiger charge is 2.33. The molecule has 1 fully saturated rings. The van der Waals surface area contributed by atoms with Gasteiger partial charge >= 0.3 is 0 Å². The largest absolute Gasteiger partial charge is 0.385 e. The van der Waals surface area contributed by atoms with E-state index in [0.717, 1.165) is 31.4 Å². The minimum Gasteiger partial charge on any atom is -0.385 e. The lowest BCUT2D eigenvalue weighted by Crippen LogP contribution is -2.43. The number of ether oxygens (including phenoxy) is 1. The Morgan fingerprint density at radius 2 is 1.90 bits per heavy atom. The molecule has 2 rings (SSSR count). The van der Waals surface area contributed by atoms with Crippen LogP contribution >= 0.6 is 0 Å². The molecule has 1 amide bonds. The Bertz CT molecular complexity index is 722. The Morgan fingerprint density at radius 3 is 2.55 bits per heavy atom. The van der Waals surface area contributed by atoms with Gasteiger partial charge in [-0.25, -0.2) is 18.2 Å². The maximum atomic E-state index is 13.7. The van der Waals surface area contributed by atoms with Crippen molar-refractivity contribution in [3.05, 3.63) is 29.6 Å². The molecule has 0 atom stereocenters. The Kier molecular flexibility index (Phi) is 8.75. The summed E-state index contributed by atoms with van der Waals surface area (Å²) in [5.41, 5.74) is -0.282. The lowest BCUT2D eigenvalue weighted by atomic mass is 9.83. The van der Waals surface area contributed by atoms with E-state index in [1.165, 1.54) is 12.8 Å². The predicted molar refractivity (Wildman–Crippen MR) is 106 cm³/mol. The first kappa shape index (κ1) is 23.0. The summed E-state index contributed by atoms with van der Waals surface area (Å²) in [7, 11) is 1.69. The molecule has 6 nitrogen and oxygen atoms in total. The van der Waals surface area contributed by atoms with Crippen molar-refractivity contribution < 1.29 is 22.7 Å². The maximum Gasteiger partial charge on any atom is 0.246 e. The van der Waals surface area contributed by atoms with Crippen LogP contribution in [0.5, 0.6) is 0 Å². The predicted octanol–water partition coefficient (Wildman–Crippen LogP) is 3.19. The molecule has 0 spiro atoms.